The molecule has 8 heteroatoms. The van der Waals surface area contributed by atoms with E-state index in [2.05, 4.69) is 21.1 Å². The van der Waals surface area contributed by atoms with Crippen LogP contribution in [0.1, 0.15) is 12.5 Å². The Balaban J connectivity index is 2.03. The van der Waals surface area contributed by atoms with Crippen molar-refractivity contribution in [3.05, 3.63) is 23.8 Å². The van der Waals surface area contributed by atoms with Gasteiger partial charge in [-0.3, -0.25) is 9.59 Å². The highest BCUT2D eigenvalue weighted by Gasteiger charge is 2.30. The van der Waals surface area contributed by atoms with Crippen molar-refractivity contribution in [1.29, 1.82) is 0 Å². The molecule has 1 aromatic rings. The number of ether oxygens (including phenoxy) is 1. The number of rotatable bonds is 4. The van der Waals surface area contributed by atoms with Gasteiger partial charge in [0.1, 0.15) is 5.71 Å². The molecule has 1 aliphatic rings. The summed E-state index contributed by atoms with van der Waals surface area (Å²) in [7, 11) is 1.43. The van der Waals surface area contributed by atoms with E-state index in [9.17, 15) is 14.7 Å². The first-order valence-electron chi connectivity index (χ1n) is 6.11. The van der Waals surface area contributed by atoms with Crippen molar-refractivity contribution >= 4 is 23.7 Å². The molecule has 0 spiro atoms. The fraction of sp³-hybridized carbons (Fsp3) is 0.231. The zero-order valence-corrected chi connectivity index (χ0v) is 11.5. The molecule has 0 bridgehead atoms. The molecule has 2 amide bonds. The van der Waals surface area contributed by atoms with Crippen LogP contribution in [0.25, 0.3) is 0 Å². The second-order valence-corrected chi connectivity index (χ2v) is 4.29. The molecule has 8 nitrogen and oxygen atoms in total. The fourth-order valence-electron chi connectivity index (χ4n) is 1.71. The Hall–Kier alpha value is -2.90. The van der Waals surface area contributed by atoms with Gasteiger partial charge in [0.05, 0.1) is 19.2 Å². The number of aromatic hydroxyl groups is 1. The summed E-state index contributed by atoms with van der Waals surface area (Å²) in [5, 5.41) is 17.2. The van der Waals surface area contributed by atoms with E-state index < -0.39 is 11.8 Å². The normalized spacial score (nSPS) is 17.5. The van der Waals surface area contributed by atoms with E-state index in [0.29, 0.717) is 11.3 Å². The zero-order valence-electron chi connectivity index (χ0n) is 11.5. The first-order chi connectivity index (χ1) is 10.0. The average molecular weight is 290 g/mol. The van der Waals surface area contributed by atoms with Crippen LogP contribution in [0.3, 0.4) is 0 Å². The number of benzene rings is 1. The van der Waals surface area contributed by atoms with Crippen LogP contribution < -0.4 is 15.6 Å². The Morgan fingerprint density at radius 1 is 1.57 bits per heavy atom. The van der Waals surface area contributed by atoms with E-state index >= 15 is 0 Å². The van der Waals surface area contributed by atoms with Crippen LogP contribution in [0, 0.1) is 5.92 Å². The van der Waals surface area contributed by atoms with Crippen LogP contribution >= 0.6 is 0 Å². The lowest BCUT2D eigenvalue weighted by molar-refractivity contribution is -0.122. The van der Waals surface area contributed by atoms with Gasteiger partial charge in [-0.25, -0.2) is 10.9 Å². The Kier molecular flexibility index (Phi) is 4.17. The van der Waals surface area contributed by atoms with Crippen molar-refractivity contribution in [2.24, 2.45) is 16.1 Å². The molecule has 0 fully saturated rings. The zero-order chi connectivity index (χ0) is 15.4. The third-order valence-corrected chi connectivity index (χ3v) is 2.94. The van der Waals surface area contributed by atoms with E-state index in [1.165, 1.54) is 13.3 Å². The Morgan fingerprint density at radius 3 is 2.95 bits per heavy atom. The highest BCUT2D eigenvalue weighted by Crippen LogP contribution is 2.27. The molecule has 110 valence electrons. The number of nitrogens with zero attached hydrogens (tertiary/aromatic N) is 2. The number of methoxy groups -OCH3 is 1. The lowest BCUT2D eigenvalue weighted by atomic mass is 10.1. The van der Waals surface area contributed by atoms with E-state index in [4.69, 9.17) is 4.74 Å². The van der Waals surface area contributed by atoms with Gasteiger partial charge in [0, 0.05) is 5.56 Å². The lowest BCUT2D eigenvalue weighted by Gasteiger charge is -2.05. The Labute approximate surface area is 120 Å². The van der Waals surface area contributed by atoms with Gasteiger partial charge in [-0.05, 0) is 19.1 Å². The maximum atomic E-state index is 11.8. The number of para-hydroxylation sites is 1. The summed E-state index contributed by atoms with van der Waals surface area (Å²) in [5.41, 5.74) is 4.90. The number of hydrogen-bond acceptors (Lipinski definition) is 6. The van der Waals surface area contributed by atoms with Crippen LogP contribution in [0.4, 0.5) is 0 Å². The summed E-state index contributed by atoms with van der Waals surface area (Å²) >= 11 is 0. The number of carbonyl (C=O) groups excluding carboxylic acids is 2. The van der Waals surface area contributed by atoms with Crippen molar-refractivity contribution in [2.45, 2.75) is 6.92 Å². The Bertz CT molecular complexity index is 639. The van der Waals surface area contributed by atoms with E-state index in [1.807, 2.05) is 0 Å². The summed E-state index contributed by atoms with van der Waals surface area (Å²) in [6.07, 6.45) is 1.27. The second kappa shape index (κ2) is 6.04. The maximum Gasteiger partial charge on any atom is 0.288 e. The predicted octanol–water partition coefficient (Wildman–Crippen LogP) is -0.0272. The van der Waals surface area contributed by atoms with Crippen molar-refractivity contribution in [1.82, 2.24) is 10.9 Å². The third kappa shape index (κ3) is 2.99. The van der Waals surface area contributed by atoms with Gasteiger partial charge in [-0.2, -0.15) is 10.2 Å². The minimum atomic E-state index is -0.620. The molecule has 1 aromatic carbocycles. The van der Waals surface area contributed by atoms with Gasteiger partial charge in [0.25, 0.3) is 5.91 Å². The van der Waals surface area contributed by atoms with Crippen LogP contribution in [0.15, 0.2) is 28.4 Å². The van der Waals surface area contributed by atoms with Crippen molar-refractivity contribution < 1.29 is 19.4 Å². The monoisotopic (exact) mass is 290 g/mol. The molecular formula is C13H14N4O4. The fourth-order valence-corrected chi connectivity index (χ4v) is 1.71. The van der Waals surface area contributed by atoms with Gasteiger partial charge < -0.3 is 9.84 Å². The van der Waals surface area contributed by atoms with E-state index in [-0.39, 0.29) is 17.4 Å². The van der Waals surface area contributed by atoms with Gasteiger partial charge in [0.2, 0.25) is 5.91 Å². The largest absolute Gasteiger partial charge is 0.504 e. The summed E-state index contributed by atoms with van der Waals surface area (Å²) in [5.74, 6) is -1.32. The molecule has 1 atom stereocenters. The molecule has 0 unspecified atom stereocenters. The first kappa shape index (κ1) is 14.5. The van der Waals surface area contributed by atoms with Gasteiger partial charge in [-0.15, -0.1) is 0 Å². The molecule has 21 heavy (non-hydrogen) atoms. The minimum absolute atomic E-state index is 0.0621. The van der Waals surface area contributed by atoms with Crippen LogP contribution in [-0.4, -0.2) is 36.0 Å². The van der Waals surface area contributed by atoms with Gasteiger partial charge >= 0.3 is 0 Å². The number of nitrogens with one attached hydrogen (secondary N) is 2. The number of phenols is 1. The van der Waals surface area contributed by atoms with Gasteiger partial charge in [0.15, 0.2) is 11.5 Å². The van der Waals surface area contributed by atoms with Crippen LogP contribution in [0.5, 0.6) is 11.5 Å². The van der Waals surface area contributed by atoms with Crippen molar-refractivity contribution in [3.8, 4) is 11.5 Å². The molecule has 0 saturated carbocycles. The molecule has 3 N–H and O–H groups in total. The third-order valence-electron chi connectivity index (χ3n) is 2.94. The quantitative estimate of drug-likeness (QED) is 0.534. The van der Waals surface area contributed by atoms with Gasteiger partial charge in [-0.1, -0.05) is 6.07 Å². The standard InChI is InChI=1S/C13H14N4O4/c1-7-10(15-17-12(7)19)13(20)16-14-6-8-4-3-5-9(21-2)11(8)18/h3-7,18H,1-2H3,(H,16,20)(H,17,19)/t7-/m0/s1. The van der Waals surface area contributed by atoms with Crippen LogP contribution in [0.2, 0.25) is 0 Å². The van der Waals surface area contributed by atoms with E-state index in [1.54, 1.807) is 25.1 Å². The number of amides is 2. The highest BCUT2D eigenvalue weighted by molar-refractivity contribution is 6.44. The number of carbonyl (C=O) groups is 2. The summed E-state index contributed by atoms with van der Waals surface area (Å²) in [6, 6.07) is 4.87. The number of hydrogen-bond donors (Lipinski definition) is 3. The highest BCUT2D eigenvalue weighted by atomic mass is 16.5. The summed E-state index contributed by atoms with van der Waals surface area (Å²) in [6.45, 7) is 1.57. The topological polar surface area (TPSA) is 112 Å². The molecule has 0 saturated heterocycles. The molecule has 1 heterocycles. The summed E-state index contributed by atoms with van der Waals surface area (Å²) < 4.78 is 4.96. The molecule has 2 rings (SSSR count). The molecular weight excluding hydrogens is 276 g/mol. The van der Waals surface area contributed by atoms with Crippen molar-refractivity contribution in [2.75, 3.05) is 7.11 Å². The van der Waals surface area contributed by atoms with Crippen molar-refractivity contribution in [3.63, 3.8) is 0 Å². The molecule has 0 aliphatic carbocycles. The SMILES string of the molecule is COc1cccc(C=NNC(=O)C2=NNC(=O)[C@H]2C)c1O. The minimum Gasteiger partial charge on any atom is -0.504 e. The average Bonchev–Trinajstić information content (AvgIpc) is 2.81. The first-order valence-corrected chi connectivity index (χ1v) is 6.11. The molecule has 0 aromatic heterocycles. The number of phenolic OH excluding ortho intramolecular Hbond substituents is 1. The lowest BCUT2D eigenvalue weighted by Crippen LogP contribution is -2.32. The Morgan fingerprint density at radius 2 is 2.33 bits per heavy atom. The second-order valence-electron chi connectivity index (χ2n) is 4.29. The summed E-state index contributed by atoms with van der Waals surface area (Å²) in [4.78, 5) is 23.0. The maximum absolute atomic E-state index is 11.8. The van der Waals surface area contributed by atoms with E-state index in [0.717, 1.165) is 0 Å². The van der Waals surface area contributed by atoms with Crippen LogP contribution in [-0.2, 0) is 9.59 Å². The predicted molar refractivity (Wildman–Crippen MR) is 75.1 cm³/mol. The molecule has 0 radical (unpaired) electrons. The smallest absolute Gasteiger partial charge is 0.288 e. The number of hydrazone groups is 2. The molecule has 1 aliphatic heterocycles.